The molecule has 0 heterocycles. The van der Waals surface area contributed by atoms with E-state index in [0.717, 1.165) is 16.9 Å². The monoisotopic (exact) mass is 220 g/mol. The third-order valence-electron chi connectivity index (χ3n) is 2.16. The van der Waals surface area contributed by atoms with E-state index in [9.17, 15) is 4.79 Å². The molecule has 1 aromatic carbocycles. The minimum Gasteiger partial charge on any atom is -0.464 e. The predicted octanol–water partition coefficient (Wildman–Crippen LogP) is 2.14. The Hall–Kier alpha value is -1.97. The highest BCUT2D eigenvalue weighted by molar-refractivity contribution is 5.92. The number of esters is 1. The highest BCUT2D eigenvalue weighted by atomic mass is 16.5. The molecule has 0 aromatic heterocycles. The van der Waals surface area contributed by atoms with Gasteiger partial charge >= 0.3 is 5.97 Å². The average molecular weight is 220 g/mol. The Morgan fingerprint density at radius 3 is 2.62 bits per heavy atom. The first-order valence-corrected chi connectivity index (χ1v) is 4.91. The second kappa shape index (κ2) is 5.21. The number of benzene rings is 1. The molecule has 0 aliphatic heterocycles. The molecule has 0 atom stereocenters. The molecule has 0 radical (unpaired) electrons. The Morgan fingerprint density at radius 1 is 1.38 bits per heavy atom. The molecule has 16 heavy (non-hydrogen) atoms. The molecule has 86 valence electrons. The van der Waals surface area contributed by atoms with E-state index in [2.05, 4.69) is 21.9 Å². The van der Waals surface area contributed by atoms with Crippen LogP contribution in [0, 0.1) is 6.92 Å². The minimum absolute atomic E-state index is 0.213. The molecular weight excluding hydrogens is 204 g/mol. The molecule has 4 nitrogen and oxygen atoms in total. The molecule has 1 aromatic rings. The molecule has 0 unspecified atom stereocenters. The van der Waals surface area contributed by atoms with E-state index in [-0.39, 0.29) is 5.70 Å². The molecule has 0 aliphatic carbocycles. The fourth-order valence-corrected chi connectivity index (χ4v) is 1.32. The summed E-state index contributed by atoms with van der Waals surface area (Å²) in [6.45, 7) is 5.59. The van der Waals surface area contributed by atoms with E-state index < -0.39 is 5.97 Å². The first-order valence-electron chi connectivity index (χ1n) is 4.91. The number of anilines is 2. The Bertz CT molecular complexity index is 413. The summed E-state index contributed by atoms with van der Waals surface area (Å²) < 4.78 is 4.57. The molecule has 1 rings (SSSR count). The van der Waals surface area contributed by atoms with Crippen molar-refractivity contribution >= 4 is 17.3 Å². The molecule has 4 heteroatoms. The first-order chi connectivity index (χ1) is 7.58. The largest absolute Gasteiger partial charge is 0.464 e. The maximum atomic E-state index is 11.2. The van der Waals surface area contributed by atoms with Crippen molar-refractivity contribution in [1.29, 1.82) is 0 Å². The van der Waals surface area contributed by atoms with Crippen LogP contribution >= 0.6 is 0 Å². The lowest BCUT2D eigenvalue weighted by Crippen LogP contribution is -2.12. The van der Waals surface area contributed by atoms with Crippen LogP contribution in [0.5, 0.6) is 0 Å². The van der Waals surface area contributed by atoms with Crippen molar-refractivity contribution in [1.82, 2.24) is 0 Å². The SMILES string of the molecule is C=C(Nc1cc(C)ccc1NC)C(=O)OC. The lowest BCUT2D eigenvalue weighted by Gasteiger charge is -2.13. The topological polar surface area (TPSA) is 50.4 Å². The summed E-state index contributed by atoms with van der Waals surface area (Å²) in [7, 11) is 3.14. The van der Waals surface area contributed by atoms with Crippen LogP contribution in [0.3, 0.4) is 0 Å². The van der Waals surface area contributed by atoms with Crippen LogP contribution in [0.1, 0.15) is 5.56 Å². The number of methoxy groups -OCH3 is 1. The van der Waals surface area contributed by atoms with Gasteiger partial charge in [-0.3, -0.25) is 0 Å². The molecule has 2 N–H and O–H groups in total. The number of carbonyl (C=O) groups excluding carboxylic acids is 1. The Morgan fingerprint density at radius 2 is 2.06 bits per heavy atom. The lowest BCUT2D eigenvalue weighted by atomic mass is 10.2. The number of ether oxygens (including phenoxy) is 1. The number of carbonyl (C=O) groups is 1. The number of aryl methyl sites for hydroxylation is 1. The van der Waals surface area contributed by atoms with Gasteiger partial charge in [0.05, 0.1) is 18.5 Å². The third kappa shape index (κ3) is 2.76. The van der Waals surface area contributed by atoms with Gasteiger partial charge in [-0.05, 0) is 24.6 Å². The average Bonchev–Trinajstić information content (AvgIpc) is 2.28. The first kappa shape index (κ1) is 12.1. The predicted molar refractivity (Wildman–Crippen MR) is 65.5 cm³/mol. The molecule has 0 aliphatic rings. The zero-order chi connectivity index (χ0) is 12.1. The Labute approximate surface area is 95.3 Å². The summed E-state index contributed by atoms with van der Waals surface area (Å²) in [6.07, 6.45) is 0. The molecular formula is C12H16N2O2. The van der Waals surface area contributed by atoms with Crippen LogP contribution in [0.2, 0.25) is 0 Å². The molecule has 0 bridgehead atoms. The van der Waals surface area contributed by atoms with Gasteiger partial charge in [-0.25, -0.2) is 4.79 Å². The highest BCUT2D eigenvalue weighted by Gasteiger charge is 2.08. The van der Waals surface area contributed by atoms with E-state index in [0.29, 0.717) is 0 Å². The van der Waals surface area contributed by atoms with Crippen LogP contribution in [-0.2, 0) is 9.53 Å². The van der Waals surface area contributed by atoms with Gasteiger partial charge in [-0.15, -0.1) is 0 Å². The van der Waals surface area contributed by atoms with Crippen LogP contribution in [0.15, 0.2) is 30.5 Å². The van der Waals surface area contributed by atoms with Gasteiger partial charge in [0.2, 0.25) is 0 Å². The van der Waals surface area contributed by atoms with Gasteiger partial charge in [0.25, 0.3) is 0 Å². The van der Waals surface area contributed by atoms with E-state index in [4.69, 9.17) is 0 Å². The van der Waals surface area contributed by atoms with Gasteiger partial charge < -0.3 is 15.4 Å². The fourth-order valence-electron chi connectivity index (χ4n) is 1.32. The van der Waals surface area contributed by atoms with Crippen LogP contribution in [-0.4, -0.2) is 20.1 Å². The van der Waals surface area contributed by atoms with Crippen molar-refractivity contribution < 1.29 is 9.53 Å². The third-order valence-corrected chi connectivity index (χ3v) is 2.16. The summed E-state index contributed by atoms with van der Waals surface area (Å²) in [6, 6.07) is 5.85. The van der Waals surface area contributed by atoms with Gasteiger partial charge in [-0.1, -0.05) is 12.6 Å². The molecule has 0 fully saturated rings. The summed E-state index contributed by atoms with van der Waals surface area (Å²) in [4.78, 5) is 11.2. The summed E-state index contributed by atoms with van der Waals surface area (Å²) in [5.74, 6) is -0.469. The van der Waals surface area contributed by atoms with Gasteiger partial charge in [0, 0.05) is 7.05 Å². The number of nitrogens with one attached hydrogen (secondary N) is 2. The smallest absolute Gasteiger partial charge is 0.353 e. The molecule has 0 amide bonds. The Balaban J connectivity index is 2.91. The normalized spacial score (nSPS) is 9.44. The summed E-state index contributed by atoms with van der Waals surface area (Å²) in [5, 5.41) is 5.95. The number of hydrogen-bond acceptors (Lipinski definition) is 4. The maximum absolute atomic E-state index is 11.2. The molecule has 0 saturated heterocycles. The van der Waals surface area contributed by atoms with Crippen molar-refractivity contribution in [2.75, 3.05) is 24.8 Å². The summed E-state index contributed by atoms with van der Waals surface area (Å²) in [5.41, 5.74) is 3.01. The van der Waals surface area contributed by atoms with Crippen molar-refractivity contribution in [3.8, 4) is 0 Å². The van der Waals surface area contributed by atoms with E-state index in [1.165, 1.54) is 7.11 Å². The second-order valence-electron chi connectivity index (χ2n) is 3.39. The van der Waals surface area contributed by atoms with Crippen LogP contribution in [0.4, 0.5) is 11.4 Å². The second-order valence-corrected chi connectivity index (χ2v) is 3.39. The fraction of sp³-hybridized carbons (Fsp3) is 0.250. The van der Waals surface area contributed by atoms with Crippen LogP contribution < -0.4 is 10.6 Å². The zero-order valence-corrected chi connectivity index (χ0v) is 9.76. The quantitative estimate of drug-likeness (QED) is 0.603. The van der Waals surface area contributed by atoms with E-state index in [1.807, 2.05) is 32.2 Å². The van der Waals surface area contributed by atoms with E-state index >= 15 is 0 Å². The maximum Gasteiger partial charge on any atom is 0.353 e. The Kier molecular flexibility index (Phi) is 3.94. The zero-order valence-electron chi connectivity index (χ0n) is 9.76. The summed E-state index contributed by atoms with van der Waals surface area (Å²) >= 11 is 0. The molecule has 0 spiro atoms. The van der Waals surface area contributed by atoms with Crippen molar-refractivity contribution in [3.63, 3.8) is 0 Å². The minimum atomic E-state index is -0.469. The highest BCUT2D eigenvalue weighted by Crippen LogP contribution is 2.23. The van der Waals surface area contributed by atoms with Crippen molar-refractivity contribution in [3.05, 3.63) is 36.0 Å². The van der Waals surface area contributed by atoms with Gasteiger partial charge in [0.15, 0.2) is 0 Å². The molecule has 0 saturated carbocycles. The number of rotatable bonds is 4. The number of hydrogen-bond donors (Lipinski definition) is 2. The van der Waals surface area contributed by atoms with Gasteiger partial charge in [-0.2, -0.15) is 0 Å². The standard InChI is InChI=1S/C12H16N2O2/c1-8-5-6-10(13-3)11(7-8)14-9(2)12(15)16-4/h5-7,13-14H,2H2,1,3-4H3. The van der Waals surface area contributed by atoms with Crippen molar-refractivity contribution in [2.24, 2.45) is 0 Å². The lowest BCUT2D eigenvalue weighted by molar-refractivity contribution is -0.135. The van der Waals surface area contributed by atoms with E-state index in [1.54, 1.807) is 0 Å². The van der Waals surface area contributed by atoms with Crippen molar-refractivity contribution in [2.45, 2.75) is 6.92 Å². The van der Waals surface area contributed by atoms with Gasteiger partial charge in [0.1, 0.15) is 5.70 Å². The van der Waals surface area contributed by atoms with Crippen LogP contribution in [0.25, 0.3) is 0 Å².